The second-order valence-electron chi connectivity index (χ2n) is 5.83. The Morgan fingerprint density at radius 1 is 1.32 bits per heavy atom. The summed E-state index contributed by atoms with van der Waals surface area (Å²) in [4.78, 5) is 13.9. The van der Waals surface area contributed by atoms with Crippen LogP contribution in [0.2, 0.25) is 0 Å². The van der Waals surface area contributed by atoms with Crippen LogP contribution in [0.1, 0.15) is 26.7 Å². The van der Waals surface area contributed by atoms with E-state index in [-0.39, 0.29) is 17.4 Å². The number of nitrogens with two attached hydrogens (primary N) is 1. The monoisotopic (exact) mass is 365 g/mol. The number of hydrogen-bond donors (Lipinski definition) is 2. The number of rotatable bonds is 6. The van der Waals surface area contributed by atoms with Crippen LogP contribution in [0.4, 0.5) is 10.5 Å². The number of benzene rings is 1. The predicted molar refractivity (Wildman–Crippen MR) is 97.5 cm³/mol. The zero-order valence-corrected chi connectivity index (χ0v) is 15.4. The number of anilines is 1. The van der Waals surface area contributed by atoms with E-state index in [0.29, 0.717) is 23.6 Å². The van der Waals surface area contributed by atoms with Crippen molar-refractivity contribution in [2.75, 3.05) is 19.0 Å². The number of nitrogens with one attached hydrogen (secondary N) is 1. The first-order valence-corrected chi connectivity index (χ1v) is 9.47. The lowest BCUT2D eigenvalue weighted by Crippen LogP contribution is -2.30. The van der Waals surface area contributed by atoms with Crippen LogP contribution in [-0.2, 0) is 10.0 Å². The molecule has 1 aliphatic carbocycles. The smallest absolute Gasteiger partial charge is 0.325 e. The molecular formula is C17H23N3O4S. The molecule has 0 unspecified atom stereocenters. The summed E-state index contributed by atoms with van der Waals surface area (Å²) in [6.07, 6.45) is 2.69. The summed E-state index contributed by atoms with van der Waals surface area (Å²) >= 11 is 0. The number of urea groups is 1. The van der Waals surface area contributed by atoms with Gasteiger partial charge in [0.1, 0.15) is 5.75 Å². The van der Waals surface area contributed by atoms with Crippen LogP contribution in [0.25, 0.3) is 0 Å². The Labute approximate surface area is 148 Å². The van der Waals surface area contributed by atoms with Crippen molar-refractivity contribution in [3.05, 3.63) is 46.5 Å². The molecule has 0 aromatic heterocycles. The Balaban J connectivity index is 1.99. The molecule has 0 radical (unpaired) electrons. The van der Waals surface area contributed by atoms with Crippen LogP contribution in [0, 0.1) is 0 Å². The molecular weight excluding hydrogens is 342 g/mol. The zero-order valence-electron chi connectivity index (χ0n) is 14.6. The molecule has 7 nitrogen and oxygen atoms in total. The molecule has 0 spiro atoms. The average Bonchev–Trinajstić information content (AvgIpc) is 2.95. The SMILES string of the molecule is CCCOc1ccc(NC(=O)N(C)C2=CC(C)=C(S(N)(=O)=O)C2)cc1. The third-order valence-corrected chi connectivity index (χ3v) is 4.98. The summed E-state index contributed by atoms with van der Waals surface area (Å²) < 4.78 is 28.6. The Morgan fingerprint density at radius 2 is 1.96 bits per heavy atom. The standard InChI is InChI=1S/C17H23N3O4S/c1-4-9-24-15-7-5-13(6-8-15)19-17(21)20(3)14-10-12(2)16(11-14)25(18,22)23/h5-8,10H,4,9,11H2,1-3H3,(H,19,21)(H2,18,22,23). The fourth-order valence-electron chi connectivity index (χ4n) is 2.42. The molecule has 136 valence electrons. The third kappa shape index (κ3) is 4.83. The van der Waals surface area contributed by atoms with Crippen molar-refractivity contribution in [3.8, 4) is 5.75 Å². The van der Waals surface area contributed by atoms with Crippen molar-refractivity contribution in [2.45, 2.75) is 26.7 Å². The highest BCUT2D eigenvalue weighted by Gasteiger charge is 2.26. The van der Waals surface area contributed by atoms with Crippen LogP contribution in [0.3, 0.4) is 0 Å². The summed E-state index contributed by atoms with van der Waals surface area (Å²) in [5.74, 6) is 0.740. The molecule has 25 heavy (non-hydrogen) atoms. The molecule has 0 saturated carbocycles. The molecule has 0 aliphatic heterocycles. The number of carbonyl (C=O) groups excluding carboxylic acids is 1. The molecule has 3 N–H and O–H groups in total. The quantitative estimate of drug-likeness (QED) is 0.809. The van der Waals surface area contributed by atoms with Gasteiger partial charge < -0.3 is 15.0 Å². The van der Waals surface area contributed by atoms with E-state index in [4.69, 9.17) is 9.88 Å². The first kappa shape index (κ1) is 19.0. The molecule has 0 atom stereocenters. The lowest BCUT2D eigenvalue weighted by Gasteiger charge is -2.19. The minimum atomic E-state index is -3.76. The third-order valence-electron chi connectivity index (χ3n) is 3.82. The highest BCUT2D eigenvalue weighted by atomic mass is 32.2. The van der Waals surface area contributed by atoms with E-state index < -0.39 is 10.0 Å². The summed E-state index contributed by atoms with van der Waals surface area (Å²) in [5.41, 5.74) is 1.74. The number of ether oxygens (including phenoxy) is 1. The fraction of sp³-hybridized carbons (Fsp3) is 0.353. The maximum absolute atomic E-state index is 12.4. The maximum atomic E-state index is 12.4. The van der Waals surface area contributed by atoms with Crippen LogP contribution >= 0.6 is 0 Å². The molecule has 1 aromatic rings. The molecule has 0 heterocycles. The molecule has 0 saturated heterocycles. The number of carbonyl (C=O) groups is 1. The predicted octanol–water partition coefficient (Wildman–Crippen LogP) is 2.79. The van der Waals surface area contributed by atoms with Crippen molar-refractivity contribution in [2.24, 2.45) is 5.14 Å². The van der Waals surface area contributed by atoms with Crippen LogP contribution in [0.15, 0.2) is 46.5 Å². The van der Waals surface area contributed by atoms with Crippen LogP contribution < -0.4 is 15.2 Å². The molecule has 8 heteroatoms. The van der Waals surface area contributed by atoms with Gasteiger partial charge in [0.2, 0.25) is 10.0 Å². The second kappa shape index (κ2) is 7.71. The van der Waals surface area contributed by atoms with Crippen LogP contribution in [0.5, 0.6) is 5.75 Å². The van der Waals surface area contributed by atoms with Gasteiger partial charge in [-0.1, -0.05) is 6.92 Å². The van der Waals surface area contributed by atoms with Gasteiger partial charge in [-0.3, -0.25) is 0 Å². The van der Waals surface area contributed by atoms with Gasteiger partial charge in [0.05, 0.1) is 11.5 Å². The summed E-state index contributed by atoms with van der Waals surface area (Å²) in [7, 11) is -2.18. The molecule has 2 amide bonds. The van der Waals surface area contributed by atoms with E-state index in [2.05, 4.69) is 5.32 Å². The van der Waals surface area contributed by atoms with Crippen molar-refractivity contribution < 1.29 is 17.9 Å². The number of sulfonamides is 1. The van der Waals surface area contributed by atoms with Gasteiger partial charge >= 0.3 is 6.03 Å². The zero-order chi connectivity index (χ0) is 18.6. The number of hydrogen-bond acceptors (Lipinski definition) is 4. The van der Waals surface area contributed by atoms with Gasteiger partial charge in [0, 0.05) is 24.9 Å². The van der Waals surface area contributed by atoms with Crippen molar-refractivity contribution >= 4 is 21.7 Å². The first-order chi connectivity index (χ1) is 11.7. The van der Waals surface area contributed by atoms with Gasteiger partial charge in [0.25, 0.3) is 0 Å². The van der Waals surface area contributed by atoms with E-state index in [9.17, 15) is 13.2 Å². The number of nitrogens with zero attached hydrogens (tertiary/aromatic N) is 1. The van der Waals surface area contributed by atoms with Gasteiger partial charge in [-0.2, -0.15) is 0 Å². The minimum Gasteiger partial charge on any atom is -0.494 e. The first-order valence-electron chi connectivity index (χ1n) is 7.93. The number of amides is 2. The Hall–Kier alpha value is -2.32. The lowest BCUT2D eigenvalue weighted by atomic mass is 10.3. The summed E-state index contributed by atoms with van der Waals surface area (Å²) in [5, 5.41) is 7.95. The van der Waals surface area contributed by atoms with Crippen molar-refractivity contribution in [1.82, 2.24) is 4.90 Å². The molecule has 1 aromatic carbocycles. The molecule has 1 aliphatic rings. The topological polar surface area (TPSA) is 102 Å². The average molecular weight is 365 g/mol. The largest absolute Gasteiger partial charge is 0.494 e. The minimum absolute atomic E-state index is 0.110. The second-order valence-corrected chi connectivity index (χ2v) is 7.41. The van der Waals surface area contributed by atoms with Crippen molar-refractivity contribution in [1.29, 1.82) is 0 Å². The maximum Gasteiger partial charge on any atom is 0.325 e. The van der Waals surface area contributed by atoms with E-state index in [1.807, 2.05) is 6.92 Å². The van der Waals surface area contributed by atoms with Gasteiger partial charge in [-0.05, 0) is 49.3 Å². The van der Waals surface area contributed by atoms with Crippen molar-refractivity contribution in [3.63, 3.8) is 0 Å². The van der Waals surface area contributed by atoms with Gasteiger partial charge in [-0.15, -0.1) is 0 Å². The molecule has 0 bridgehead atoms. The molecule has 2 rings (SSSR count). The van der Waals surface area contributed by atoms with Gasteiger partial charge in [-0.25, -0.2) is 18.4 Å². The van der Waals surface area contributed by atoms with E-state index in [1.54, 1.807) is 44.3 Å². The number of allylic oxidation sites excluding steroid dienone is 3. The summed E-state index contributed by atoms with van der Waals surface area (Å²) in [6, 6.07) is 6.70. The fourth-order valence-corrected chi connectivity index (χ4v) is 3.27. The van der Waals surface area contributed by atoms with Gasteiger partial charge in [0.15, 0.2) is 0 Å². The Bertz CT molecular complexity index is 811. The summed E-state index contributed by atoms with van der Waals surface area (Å²) in [6.45, 7) is 4.33. The highest BCUT2D eigenvalue weighted by Crippen LogP contribution is 2.29. The molecule has 0 fully saturated rings. The van der Waals surface area contributed by atoms with E-state index in [1.165, 1.54) is 4.90 Å². The normalized spacial score (nSPS) is 14.3. The van der Waals surface area contributed by atoms with Crippen LogP contribution in [-0.4, -0.2) is 33.0 Å². The Morgan fingerprint density at radius 3 is 2.48 bits per heavy atom. The highest BCUT2D eigenvalue weighted by molar-refractivity contribution is 7.93. The number of primary sulfonamides is 1. The van der Waals surface area contributed by atoms with E-state index in [0.717, 1.165) is 12.2 Å². The van der Waals surface area contributed by atoms with E-state index >= 15 is 0 Å². The Kier molecular flexibility index (Phi) is 5.86. The lowest BCUT2D eigenvalue weighted by molar-refractivity contribution is 0.231.